The summed E-state index contributed by atoms with van der Waals surface area (Å²) in [7, 11) is 1.63. The van der Waals surface area contributed by atoms with E-state index in [1.165, 1.54) is 0 Å². The zero-order valence-electron chi connectivity index (χ0n) is 20.2. The van der Waals surface area contributed by atoms with Gasteiger partial charge in [-0.25, -0.2) is 4.79 Å². The fourth-order valence-corrected chi connectivity index (χ4v) is 3.61. The van der Waals surface area contributed by atoms with E-state index in [-0.39, 0.29) is 12.0 Å². The van der Waals surface area contributed by atoms with Gasteiger partial charge in [0.05, 0.1) is 0 Å². The minimum Gasteiger partial charge on any atom is -0.444 e. The highest BCUT2D eigenvalue weighted by molar-refractivity contribution is 5.94. The summed E-state index contributed by atoms with van der Waals surface area (Å²) in [5.41, 5.74) is 1.27. The molecule has 0 spiro atoms. The number of likely N-dealkylation sites (tertiary alicyclic amines) is 1. The minimum atomic E-state index is -0.482. The van der Waals surface area contributed by atoms with Gasteiger partial charge in [0.15, 0.2) is 5.96 Å². The first kappa shape index (κ1) is 25.5. The molecule has 1 saturated heterocycles. The van der Waals surface area contributed by atoms with E-state index in [1.807, 2.05) is 52.0 Å². The molecule has 0 bridgehead atoms. The van der Waals surface area contributed by atoms with Crippen LogP contribution >= 0.6 is 0 Å². The van der Waals surface area contributed by atoms with Crippen molar-refractivity contribution in [3.63, 3.8) is 0 Å². The Balaban J connectivity index is 1.87. The van der Waals surface area contributed by atoms with E-state index in [1.54, 1.807) is 11.9 Å². The number of aliphatic imine (C=N–C) groups is 1. The second-order valence-corrected chi connectivity index (χ2v) is 9.11. The summed E-state index contributed by atoms with van der Waals surface area (Å²) in [6.07, 6.45) is 2.56. The molecule has 1 aromatic carbocycles. The van der Waals surface area contributed by atoms with Gasteiger partial charge in [0, 0.05) is 45.3 Å². The Labute approximate surface area is 192 Å². The highest BCUT2D eigenvalue weighted by Crippen LogP contribution is 2.19. The van der Waals surface area contributed by atoms with E-state index < -0.39 is 5.60 Å². The fraction of sp³-hybridized carbons (Fsp3) is 0.625. The Morgan fingerprint density at radius 1 is 1.25 bits per heavy atom. The lowest BCUT2D eigenvalue weighted by molar-refractivity contribution is 0.0170. The van der Waals surface area contributed by atoms with Crippen LogP contribution in [0, 0.1) is 5.92 Å². The van der Waals surface area contributed by atoms with Gasteiger partial charge in [-0.15, -0.1) is 0 Å². The van der Waals surface area contributed by atoms with Crippen LogP contribution in [0.5, 0.6) is 0 Å². The van der Waals surface area contributed by atoms with Gasteiger partial charge in [0.1, 0.15) is 5.60 Å². The average Bonchev–Trinajstić information content (AvgIpc) is 2.76. The van der Waals surface area contributed by atoms with Gasteiger partial charge >= 0.3 is 6.09 Å². The molecule has 1 aliphatic rings. The van der Waals surface area contributed by atoms with E-state index in [0.717, 1.165) is 43.9 Å². The number of ether oxygens (including phenoxy) is 1. The molecular formula is C24H39N5O3. The van der Waals surface area contributed by atoms with Crippen LogP contribution in [0.15, 0.2) is 29.3 Å². The number of hydrogen-bond acceptors (Lipinski definition) is 4. The maximum Gasteiger partial charge on any atom is 0.410 e. The lowest BCUT2D eigenvalue weighted by Gasteiger charge is -2.33. The second-order valence-electron chi connectivity index (χ2n) is 9.11. The van der Waals surface area contributed by atoms with Crippen LogP contribution in [0.1, 0.15) is 56.5 Å². The number of nitrogens with one attached hydrogen (secondary N) is 3. The molecule has 8 nitrogen and oxygen atoms in total. The predicted octanol–water partition coefficient (Wildman–Crippen LogP) is 2.79. The summed E-state index contributed by atoms with van der Waals surface area (Å²) in [5, 5.41) is 9.30. The van der Waals surface area contributed by atoms with E-state index in [2.05, 4.69) is 16.0 Å². The summed E-state index contributed by atoms with van der Waals surface area (Å²) < 4.78 is 5.52. The fourth-order valence-electron chi connectivity index (χ4n) is 3.61. The maximum absolute atomic E-state index is 12.4. The molecule has 32 heavy (non-hydrogen) atoms. The Kier molecular flexibility index (Phi) is 9.81. The molecule has 1 aromatic rings. The number of amides is 2. The first-order chi connectivity index (χ1) is 15.2. The van der Waals surface area contributed by atoms with Crippen LogP contribution in [0.4, 0.5) is 4.79 Å². The van der Waals surface area contributed by atoms with Crippen molar-refractivity contribution in [3.05, 3.63) is 35.4 Å². The van der Waals surface area contributed by atoms with Crippen LogP contribution in [0.25, 0.3) is 0 Å². The van der Waals surface area contributed by atoms with E-state index >= 15 is 0 Å². The predicted molar refractivity (Wildman–Crippen MR) is 128 cm³/mol. The number of hydrogen-bond donors (Lipinski definition) is 3. The molecule has 3 N–H and O–H groups in total. The average molecular weight is 446 g/mol. The van der Waals surface area contributed by atoms with Crippen LogP contribution in [0.3, 0.4) is 0 Å². The molecular weight excluding hydrogens is 406 g/mol. The zero-order valence-corrected chi connectivity index (χ0v) is 20.2. The van der Waals surface area contributed by atoms with Gasteiger partial charge in [-0.2, -0.15) is 0 Å². The van der Waals surface area contributed by atoms with Crippen molar-refractivity contribution < 1.29 is 14.3 Å². The molecule has 0 aliphatic carbocycles. The van der Waals surface area contributed by atoms with Crippen LogP contribution in [-0.4, -0.2) is 68.2 Å². The second kappa shape index (κ2) is 12.3. The van der Waals surface area contributed by atoms with Crippen LogP contribution in [0.2, 0.25) is 0 Å². The van der Waals surface area contributed by atoms with Gasteiger partial charge in [0.25, 0.3) is 5.91 Å². The summed E-state index contributed by atoms with van der Waals surface area (Å²) in [5.74, 6) is 1.00. The van der Waals surface area contributed by atoms with Gasteiger partial charge < -0.3 is 25.6 Å². The third-order valence-corrected chi connectivity index (χ3v) is 5.14. The highest BCUT2D eigenvalue weighted by Gasteiger charge is 2.27. The number of nitrogens with zero attached hydrogens (tertiary/aromatic N) is 2. The smallest absolute Gasteiger partial charge is 0.410 e. The van der Waals surface area contributed by atoms with Crippen molar-refractivity contribution in [1.29, 1.82) is 0 Å². The Morgan fingerprint density at radius 2 is 2.03 bits per heavy atom. The van der Waals surface area contributed by atoms with Gasteiger partial charge in [0.2, 0.25) is 0 Å². The number of piperidine rings is 1. The minimum absolute atomic E-state index is 0.0809. The lowest BCUT2D eigenvalue weighted by Crippen LogP contribution is -2.44. The summed E-state index contributed by atoms with van der Waals surface area (Å²) in [6.45, 7) is 11.2. The first-order valence-corrected chi connectivity index (χ1v) is 11.5. The molecule has 0 aromatic heterocycles. The van der Waals surface area contributed by atoms with E-state index in [9.17, 15) is 9.59 Å². The largest absolute Gasteiger partial charge is 0.444 e. The third-order valence-electron chi connectivity index (χ3n) is 5.14. The molecule has 1 aliphatic heterocycles. The first-order valence-electron chi connectivity index (χ1n) is 11.5. The molecule has 1 fully saturated rings. The monoisotopic (exact) mass is 445 g/mol. The number of guanidine groups is 1. The molecule has 2 amide bonds. The normalized spacial score (nSPS) is 17.0. The highest BCUT2D eigenvalue weighted by atomic mass is 16.6. The molecule has 8 heteroatoms. The summed E-state index contributed by atoms with van der Waals surface area (Å²) in [6, 6.07) is 7.65. The maximum atomic E-state index is 12.4. The summed E-state index contributed by atoms with van der Waals surface area (Å²) >= 11 is 0. The molecule has 0 radical (unpaired) electrons. The van der Waals surface area contributed by atoms with Crippen molar-refractivity contribution in [2.75, 3.05) is 39.8 Å². The Hall–Kier alpha value is -2.77. The van der Waals surface area contributed by atoms with Crippen molar-refractivity contribution >= 4 is 18.0 Å². The van der Waals surface area contributed by atoms with Crippen LogP contribution in [-0.2, 0) is 11.2 Å². The Bertz CT molecular complexity index is 788. The molecule has 178 valence electrons. The Morgan fingerprint density at radius 3 is 2.72 bits per heavy atom. The van der Waals surface area contributed by atoms with Crippen molar-refractivity contribution in [2.24, 2.45) is 10.9 Å². The zero-order chi connectivity index (χ0) is 23.6. The van der Waals surface area contributed by atoms with Crippen molar-refractivity contribution in [3.8, 4) is 0 Å². The van der Waals surface area contributed by atoms with Crippen molar-refractivity contribution in [1.82, 2.24) is 20.9 Å². The van der Waals surface area contributed by atoms with Gasteiger partial charge in [-0.1, -0.05) is 12.1 Å². The number of benzene rings is 1. The van der Waals surface area contributed by atoms with Crippen LogP contribution < -0.4 is 16.0 Å². The van der Waals surface area contributed by atoms with E-state index in [4.69, 9.17) is 9.73 Å². The SMILES string of the molecule is CCNC(=NCC1CCCN(C(=O)OC(C)(C)C)C1)NCCc1cccc(C(=O)NC)c1. The number of rotatable bonds is 7. The number of carbonyl (C=O) groups is 2. The molecule has 1 atom stereocenters. The van der Waals surface area contributed by atoms with Crippen molar-refractivity contribution in [2.45, 2.75) is 52.6 Å². The standard InChI is InChI=1S/C24H39N5O3/c1-6-26-22(27-13-12-18-9-7-11-20(15-18)21(30)25-5)28-16-19-10-8-14-29(17-19)23(31)32-24(2,3)4/h7,9,11,15,19H,6,8,10,12-14,16-17H2,1-5H3,(H,25,30)(H2,26,27,28). The number of carbonyl (C=O) groups excluding carboxylic acids is 2. The van der Waals surface area contributed by atoms with E-state index in [0.29, 0.717) is 31.1 Å². The van der Waals surface area contributed by atoms with Gasteiger partial charge in [-0.05, 0) is 70.6 Å². The van der Waals surface area contributed by atoms with Gasteiger partial charge in [-0.3, -0.25) is 9.79 Å². The topological polar surface area (TPSA) is 95.1 Å². The lowest BCUT2D eigenvalue weighted by atomic mass is 9.98. The molecule has 1 unspecified atom stereocenters. The molecule has 0 saturated carbocycles. The summed E-state index contributed by atoms with van der Waals surface area (Å²) in [4.78, 5) is 30.7. The molecule has 1 heterocycles. The molecule has 2 rings (SSSR count). The third kappa shape index (κ3) is 8.77. The quantitative estimate of drug-likeness (QED) is 0.443.